The van der Waals surface area contributed by atoms with Gasteiger partial charge in [-0.3, -0.25) is 0 Å². The highest BCUT2D eigenvalue weighted by molar-refractivity contribution is 6.32. The van der Waals surface area contributed by atoms with Crippen molar-refractivity contribution in [2.75, 3.05) is 18.0 Å². The molecule has 25 heavy (non-hydrogen) atoms. The Bertz CT molecular complexity index is 914. The van der Waals surface area contributed by atoms with Gasteiger partial charge in [-0.15, -0.1) is 0 Å². The van der Waals surface area contributed by atoms with Crippen LogP contribution in [-0.4, -0.2) is 23.1 Å². The Hall–Kier alpha value is -2.39. The second kappa shape index (κ2) is 7.24. The van der Waals surface area contributed by atoms with Crippen LogP contribution in [0.15, 0.2) is 48.5 Å². The van der Waals surface area contributed by atoms with Gasteiger partial charge in [-0.2, -0.15) is 0 Å². The number of halogens is 1. The number of hydrogen-bond acceptors (Lipinski definition) is 3. The number of benzene rings is 2. The molecule has 0 atom stereocenters. The van der Waals surface area contributed by atoms with Crippen molar-refractivity contribution in [3.05, 3.63) is 64.8 Å². The Kier molecular flexibility index (Phi) is 4.66. The number of anilines is 1. The van der Waals surface area contributed by atoms with E-state index in [0.29, 0.717) is 0 Å². The van der Waals surface area contributed by atoms with E-state index in [1.807, 2.05) is 60.7 Å². The van der Waals surface area contributed by atoms with Crippen LogP contribution in [0.1, 0.15) is 30.5 Å². The molecule has 0 aliphatic carbocycles. The third-order valence-electron chi connectivity index (χ3n) is 4.56. The summed E-state index contributed by atoms with van der Waals surface area (Å²) in [5.74, 6) is 0.974. The molecule has 126 valence electrons. The van der Waals surface area contributed by atoms with E-state index < -0.39 is 0 Å². The van der Waals surface area contributed by atoms with Gasteiger partial charge in [0.25, 0.3) is 0 Å². The Morgan fingerprint density at radius 3 is 2.24 bits per heavy atom. The molecule has 0 unspecified atom stereocenters. The summed E-state index contributed by atoms with van der Waals surface area (Å²) >= 11 is 6.28. The van der Waals surface area contributed by atoms with E-state index in [-0.39, 0.29) is 0 Å². The van der Waals surface area contributed by atoms with Crippen LogP contribution in [0.4, 0.5) is 5.82 Å². The number of rotatable bonds is 3. The van der Waals surface area contributed by atoms with Gasteiger partial charge in [-0.1, -0.05) is 48.0 Å². The summed E-state index contributed by atoms with van der Waals surface area (Å²) < 4.78 is 0. The number of nitrogens with zero attached hydrogens (tertiary/aromatic N) is 3. The fourth-order valence-electron chi connectivity index (χ4n) is 3.23. The summed E-state index contributed by atoms with van der Waals surface area (Å²) in [4.78, 5) is 12.1. The molecule has 2 aromatic carbocycles. The smallest absolute Gasteiger partial charge is 0.155 e. The average Bonchev–Trinajstić information content (AvgIpc) is 2.67. The lowest BCUT2D eigenvalue weighted by atomic mass is 10.1. The van der Waals surface area contributed by atoms with Gasteiger partial charge in [0.15, 0.2) is 5.82 Å². The van der Waals surface area contributed by atoms with Gasteiger partial charge in [0.05, 0.1) is 11.0 Å². The fraction of sp³-hybridized carbons (Fsp3) is 0.238. The summed E-state index contributed by atoms with van der Waals surface area (Å²) in [6.07, 6.45) is 7.77. The zero-order chi connectivity index (χ0) is 17.1. The summed E-state index contributed by atoms with van der Waals surface area (Å²) in [7, 11) is 0. The number of aromatic nitrogens is 2. The largest absolute Gasteiger partial charge is 0.355 e. The van der Waals surface area contributed by atoms with E-state index in [9.17, 15) is 0 Å². The Balaban J connectivity index is 1.78. The van der Waals surface area contributed by atoms with E-state index in [1.54, 1.807) is 0 Å². The summed E-state index contributed by atoms with van der Waals surface area (Å²) in [5, 5.41) is 0.743. The summed E-state index contributed by atoms with van der Waals surface area (Å²) in [5.41, 5.74) is 3.75. The van der Waals surface area contributed by atoms with E-state index in [0.717, 1.165) is 46.2 Å². The molecule has 1 saturated heterocycles. The highest BCUT2D eigenvalue weighted by Gasteiger charge is 2.17. The fourth-order valence-corrected chi connectivity index (χ4v) is 3.43. The number of piperidine rings is 1. The van der Waals surface area contributed by atoms with E-state index in [4.69, 9.17) is 21.6 Å². The van der Waals surface area contributed by atoms with Gasteiger partial charge in [-0.05, 0) is 49.1 Å². The first-order valence-corrected chi connectivity index (χ1v) is 9.13. The lowest BCUT2D eigenvalue weighted by Crippen LogP contribution is -2.31. The van der Waals surface area contributed by atoms with Crippen molar-refractivity contribution in [2.24, 2.45) is 0 Å². The molecule has 0 radical (unpaired) electrons. The first kappa shape index (κ1) is 16.1. The summed E-state index contributed by atoms with van der Waals surface area (Å²) in [6, 6.07) is 15.9. The highest BCUT2D eigenvalue weighted by Crippen LogP contribution is 2.26. The maximum absolute atomic E-state index is 6.28. The molecule has 0 N–H and O–H groups in total. The van der Waals surface area contributed by atoms with Gasteiger partial charge >= 0.3 is 0 Å². The van der Waals surface area contributed by atoms with Crippen LogP contribution in [0.3, 0.4) is 0 Å². The van der Waals surface area contributed by atoms with Gasteiger partial charge in [0.1, 0.15) is 5.69 Å². The molecule has 1 aromatic heterocycles. The molecule has 3 nitrogen and oxygen atoms in total. The van der Waals surface area contributed by atoms with Crippen molar-refractivity contribution in [2.45, 2.75) is 19.3 Å². The van der Waals surface area contributed by atoms with Crippen molar-refractivity contribution >= 4 is 40.6 Å². The van der Waals surface area contributed by atoms with Gasteiger partial charge in [-0.25, -0.2) is 9.97 Å². The van der Waals surface area contributed by atoms with Gasteiger partial charge in [0.2, 0.25) is 0 Å². The van der Waals surface area contributed by atoms with Crippen LogP contribution in [0.5, 0.6) is 0 Å². The SMILES string of the molecule is Clc1ccccc1C=Cc1nc2ccccc2nc1N1CCCCC1. The van der Waals surface area contributed by atoms with Crippen molar-refractivity contribution in [1.29, 1.82) is 0 Å². The minimum atomic E-state index is 0.743. The monoisotopic (exact) mass is 349 g/mol. The van der Waals surface area contributed by atoms with Crippen LogP contribution < -0.4 is 4.90 Å². The molecule has 4 rings (SSSR count). The molecule has 0 amide bonds. The molecule has 1 fully saturated rings. The molecular formula is C21H20ClN3. The zero-order valence-corrected chi connectivity index (χ0v) is 14.8. The van der Waals surface area contributed by atoms with Gasteiger partial charge < -0.3 is 4.90 Å². The Labute approximate surface area is 153 Å². The highest BCUT2D eigenvalue weighted by atomic mass is 35.5. The lowest BCUT2D eigenvalue weighted by molar-refractivity contribution is 0.573. The normalized spacial score (nSPS) is 15.2. The third kappa shape index (κ3) is 3.52. The molecule has 0 bridgehead atoms. The average molecular weight is 350 g/mol. The second-order valence-electron chi connectivity index (χ2n) is 6.32. The van der Waals surface area contributed by atoms with Crippen molar-refractivity contribution in [1.82, 2.24) is 9.97 Å². The van der Waals surface area contributed by atoms with Crippen LogP contribution in [-0.2, 0) is 0 Å². The molecular weight excluding hydrogens is 330 g/mol. The topological polar surface area (TPSA) is 29.0 Å². The van der Waals surface area contributed by atoms with E-state index in [1.165, 1.54) is 19.3 Å². The maximum Gasteiger partial charge on any atom is 0.155 e. The van der Waals surface area contributed by atoms with Crippen LogP contribution in [0, 0.1) is 0 Å². The van der Waals surface area contributed by atoms with Crippen LogP contribution >= 0.6 is 11.6 Å². The predicted molar refractivity (Wildman–Crippen MR) is 106 cm³/mol. The molecule has 0 saturated carbocycles. The lowest BCUT2D eigenvalue weighted by Gasteiger charge is -2.28. The Morgan fingerprint density at radius 1 is 0.800 bits per heavy atom. The Morgan fingerprint density at radius 2 is 1.48 bits per heavy atom. The predicted octanol–water partition coefficient (Wildman–Crippen LogP) is 5.44. The standard InChI is InChI=1S/C21H20ClN3/c22-17-9-3-2-8-16(17)12-13-20-21(25-14-6-1-7-15-25)24-19-11-5-4-10-18(19)23-20/h2-5,8-13H,1,6-7,14-15H2. The minimum Gasteiger partial charge on any atom is -0.355 e. The van der Waals surface area contributed by atoms with Crippen molar-refractivity contribution < 1.29 is 0 Å². The first-order chi connectivity index (χ1) is 12.3. The van der Waals surface area contributed by atoms with Crippen LogP contribution in [0.25, 0.3) is 23.2 Å². The molecule has 1 aliphatic rings. The molecule has 4 heteroatoms. The van der Waals surface area contributed by atoms with Gasteiger partial charge in [0, 0.05) is 18.1 Å². The quantitative estimate of drug-likeness (QED) is 0.630. The van der Waals surface area contributed by atoms with E-state index >= 15 is 0 Å². The maximum atomic E-state index is 6.28. The van der Waals surface area contributed by atoms with Crippen molar-refractivity contribution in [3.8, 4) is 0 Å². The summed E-state index contributed by atoms with van der Waals surface area (Å²) in [6.45, 7) is 2.08. The number of hydrogen-bond donors (Lipinski definition) is 0. The molecule has 0 spiro atoms. The molecule has 2 heterocycles. The number of para-hydroxylation sites is 2. The second-order valence-corrected chi connectivity index (χ2v) is 6.73. The zero-order valence-electron chi connectivity index (χ0n) is 14.0. The van der Waals surface area contributed by atoms with E-state index in [2.05, 4.69) is 4.90 Å². The third-order valence-corrected chi connectivity index (χ3v) is 4.90. The molecule has 3 aromatic rings. The minimum absolute atomic E-state index is 0.743. The van der Waals surface area contributed by atoms with Crippen LogP contribution in [0.2, 0.25) is 5.02 Å². The first-order valence-electron chi connectivity index (χ1n) is 8.75. The molecule has 1 aliphatic heterocycles. The number of fused-ring (bicyclic) bond motifs is 1. The van der Waals surface area contributed by atoms with Crippen molar-refractivity contribution in [3.63, 3.8) is 0 Å².